The smallest absolute Gasteiger partial charge is 0.295 e. The van der Waals surface area contributed by atoms with Gasteiger partial charge in [0.15, 0.2) is 0 Å². The molecular formula is C27H33ClN2O4. The molecule has 1 aliphatic rings. The fourth-order valence-electron chi connectivity index (χ4n) is 4.25. The Morgan fingerprint density at radius 2 is 1.76 bits per heavy atom. The van der Waals surface area contributed by atoms with Gasteiger partial charge in [-0.05, 0) is 67.9 Å². The van der Waals surface area contributed by atoms with E-state index in [1.165, 1.54) is 0 Å². The van der Waals surface area contributed by atoms with E-state index in [-0.39, 0.29) is 11.3 Å². The highest BCUT2D eigenvalue weighted by molar-refractivity contribution is 6.46. The lowest BCUT2D eigenvalue weighted by Crippen LogP contribution is -2.38. The van der Waals surface area contributed by atoms with Gasteiger partial charge in [-0.15, -0.1) is 0 Å². The van der Waals surface area contributed by atoms with Crippen LogP contribution in [0, 0.1) is 6.92 Å². The molecule has 1 amide bonds. The Labute approximate surface area is 206 Å². The molecule has 0 radical (unpaired) electrons. The first-order chi connectivity index (χ1) is 16.3. The SMILES string of the molecule is CCCOc1ccc(/C(O)=C2\C(=O)C(=O)N(CCN(CC)CC)C2c2ccc(Cl)cc2)c(C)c1. The average Bonchev–Trinajstić information content (AvgIpc) is 3.08. The Balaban J connectivity index is 2.07. The van der Waals surface area contributed by atoms with Crippen molar-refractivity contribution in [1.82, 2.24) is 9.80 Å². The van der Waals surface area contributed by atoms with Gasteiger partial charge in [0.25, 0.3) is 11.7 Å². The Morgan fingerprint density at radius 3 is 2.35 bits per heavy atom. The molecule has 0 bridgehead atoms. The summed E-state index contributed by atoms with van der Waals surface area (Å²) in [7, 11) is 0. The number of carbonyl (C=O) groups is 2. The second kappa shape index (κ2) is 11.5. The number of amides is 1. The van der Waals surface area contributed by atoms with Crippen LogP contribution >= 0.6 is 11.6 Å². The van der Waals surface area contributed by atoms with Gasteiger partial charge < -0.3 is 19.6 Å². The molecule has 1 aliphatic heterocycles. The lowest BCUT2D eigenvalue weighted by molar-refractivity contribution is -0.140. The number of likely N-dealkylation sites (tertiary alicyclic amines) is 1. The molecule has 0 aliphatic carbocycles. The topological polar surface area (TPSA) is 70.1 Å². The summed E-state index contributed by atoms with van der Waals surface area (Å²) in [5, 5.41) is 11.9. The van der Waals surface area contributed by atoms with Gasteiger partial charge in [-0.1, -0.05) is 44.5 Å². The van der Waals surface area contributed by atoms with Crippen molar-refractivity contribution >= 4 is 29.1 Å². The second-order valence-corrected chi connectivity index (χ2v) is 8.83. The Hall–Kier alpha value is -2.83. The van der Waals surface area contributed by atoms with Crippen LogP contribution in [0.4, 0.5) is 0 Å². The van der Waals surface area contributed by atoms with Gasteiger partial charge >= 0.3 is 0 Å². The minimum Gasteiger partial charge on any atom is -0.507 e. The molecule has 0 saturated carbocycles. The van der Waals surface area contributed by atoms with E-state index in [0.29, 0.717) is 36.0 Å². The van der Waals surface area contributed by atoms with Crippen LogP contribution in [0.3, 0.4) is 0 Å². The number of benzene rings is 2. The van der Waals surface area contributed by atoms with E-state index in [2.05, 4.69) is 18.7 Å². The molecule has 1 unspecified atom stereocenters. The van der Waals surface area contributed by atoms with Crippen molar-refractivity contribution in [3.8, 4) is 5.75 Å². The third-order valence-electron chi connectivity index (χ3n) is 6.20. The molecule has 1 heterocycles. The number of rotatable bonds is 10. The van der Waals surface area contributed by atoms with Crippen molar-refractivity contribution in [2.24, 2.45) is 0 Å². The van der Waals surface area contributed by atoms with E-state index in [9.17, 15) is 14.7 Å². The van der Waals surface area contributed by atoms with Crippen molar-refractivity contribution < 1.29 is 19.4 Å². The first-order valence-electron chi connectivity index (χ1n) is 11.8. The number of ketones is 1. The van der Waals surface area contributed by atoms with Crippen molar-refractivity contribution in [2.75, 3.05) is 32.8 Å². The van der Waals surface area contributed by atoms with Gasteiger partial charge in [0, 0.05) is 23.7 Å². The van der Waals surface area contributed by atoms with E-state index in [1.807, 2.05) is 19.9 Å². The average molecular weight is 485 g/mol. The summed E-state index contributed by atoms with van der Waals surface area (Å²) in [5.41, 5.74) is 2.09. The maximum absolute atomic E-state index is 13.2. The third kappa shape index (κ3) is 5.45. The maximum Gasteiger partial charge on any atom is 0.295 e. The normalized spacial score (nSPS) is 17.6. The number of aliphatic hydroxyl groups excluding tert-OH is 1. The second-order valence-electron chi connectivity index (χ2n) is 8.40. The summed E-state index contributed by atoms with van der Waals surface area (Å²) in [5.74, 6) is -0.759. The van der Waals surface area contributed by atoms with Gasteiger partial charge in [0.2, 0.25) is 0 Å². The number of halogens is 1. The zero-order valence-corrected chi connectivity index (χ0v) is 21.1. The van der Waals surface area contributed by atoms with Crippen LogP contribution in [0.15, 0.2) is 48.0 Å². The highest BCUT2D eigenvalue weighted by atomic mass is 35.5. The zero-order valence-electron chi connectivity index (χ0n) is 20.3. The molecule has 1 N–H and O–H groups in total. The molecule has 1 saturated heterocycles. The van der Waals surface area contributed by atoms with E-state index in [1.54, 1.807) is 41.3 Å². The minimum atomic E-state index is -0.691. The number of Topliss-reactive ketones (excluding diaryl/α,β-unsaturated/α-hetero) is 1. The Kier molecular flexibility index (Phi) is 8.75. The van der Waals surface area contributed by atoms with Crippen LogP contribution in [-0.2, 0) is 9.59 Å². The van der Waals surface area contributed by atoms with Crippen molar-refractivity contribution in [2.45, 2.75) is 40.2 Å². The van der Waals surface area contributed by atoms with E-state index >= 15 is 0 Å². The Morgan fingerprint density at radius 1 is 1.09 bits per heavy atom. The zero-order chi connectivity index (χ0) is 24.8. The highest BCUT2D eigenvalue weighted by Gasteiger charge is 2.46. The van der Waals surface area contributed by atoms with E-state index in [4.69, 9.17) is 16.3 Å². The lowest BCUT2D eigenvalue weighted by Gasteiger charge is -2.28. The number of aryl methyl sites for hydroxylation is 1. The summed E-state index contributed by atoms with van der Waals surface area (Å²) >= 11 is 6.09. The highest BCUT2D eigenvalue weighted by Crippen LogP contribution is 2.40. The summed E-state index contributed by atoms with van der Waals surface area (Å²) in [6.07, 6.45) is 0.888. The number of nitrogens with zero attached hydrogens (tertiary/aromatic N) is 2. The molecule has 1 fully saturated rings. The Bertz CT molecular complexity index is 1060. The first kappa shape index (κ1) is 25.8. The number of aliphatic hydroxyl groups is 1. The van der Waals surface area contributed by atoms with Crippen LogP contribution in [0.1, 0.15) is 49.9 Å². The van der Waals surface area contributed by atoms with Gasteiger partial charge in [0.05, 0.1) is 18.2 Å². The van der Waals surface area contributed by atoms with Gasteiger partial charge in [0.1, 0.15) is 11.5 Å². The summed E-state index contributed by atoms with van der Waals surface area (Å²) in [4.78, 5) is 30.1. The fraction of sp³-hybridized carbons (Fsp3) is 0.407. The number of carbonyl (C=O) groups excluding carboxylic acids is 2. The first-order valence-corrected chi connectivity index (χ1v) is 12.2. The van der Waals surface area contributed by atoms with Crippen LogP contribution in [0.25, 0.3) is 5.76 Å². The molecule has 3 rings (SSSR count). The minimum absolute atomic E-state index is 0.0946. The van der Waals surface area contributed by atoms with Crippen LogP contribution < -0.4 is 4.74 Å². The van der Waals surface area contributed by atoms with Gasteiger partial charge in [-0.2, -0.15) is 0 Å². The van der Waals surface area contributed by atoms with E-state index in [0.717, 1.165) is 30.6 Å². The standard InChI is InChI=1S/C27H33ClN2O4/c1-5-16-34-21-12-13-22(18(4)17-21)25(31)23-24(19-8-10-20(28)11-9-19)30(27(33)26(23)32)15-14-29(6-2)7-3/h8-13,17,24,31H,5-7,14-16H2,1-4H3/b25-23+. The molecule has 2 aromatic carbocycles. The van der Waals surface area contributed by atoms with Crippen molar-refractivity contribution in [3.63, 3.8) is 0 Å². The van der Waals surface area contributed by atoms with Crippen LogP contribution in [-0.4, -0.2) is 59.4 Å². The molecule has 1 atom stereocenters. The number of likely N-dealkylation sites (N-methyl/N-ethyl adjacent to an activating group) is 1. The van der Waals surface area contributed by atoms with E-state index < -0.39 is 17.7 Å². The molecule has 0 aromatic heterocycles. The summed E-state index contributed by atoms with van der Waals surface area (Å²) in [6.45, 7) is 11.3. The quantitative estimate of drug-likeness (QED) is 0.285. The van der Waals surface area contributed by atoms with Crippen molar-refractivity contribution in [1.29, 1.82) is 0 Å². The van der Waals surface area contributed by atoms with Crippen LogP contribution in [0.5, 0.6) is 5.75 Å². The molecular weight excluding hydrogens is 452 g/mol. The van der Waals surface area contributed by atoms with Crippen molar-refractivity contribution in [3.05, 3.63) is 69.8 Å². The fourth-order valence-corrected chi connectivity index (χ4v) is 4.37. The molecule has 6 nitrogen and oxygen atoms in total. The monoisotopic (exact) mass is 484 g/mol. The molecule has 34 heavy (non-hydrogen) atoms. The largest absolute Gasteiger partial charge is 0.507 e. The predicted molar refractivity (Wildman–Crippen MR) is 135 cm³/mol. The molecule has 0 spiro atoms. The van der Waals surface area contributed by atoms with Gasteiger partial charge in [-0.3, -0.25) is 9.59 Å². The molecule has 2 aromatic rings. The maximum atomic E-state index is 13.2. The van der Waals surface area contributed by atoms with Gasteiger partial charge in [-0.25, -0.2) is 0 Å². The lowest BCUT2D eigenvalue weighted by atomic mass is 9.94. The third-order valence-corrected chi connectivity index (χ3v) is 6.46. The number of hydrogen-bond donors (Lipinski definition) is 1. The summed E-state index contributed by atoms with van der Waals surface area (Å²) in [6, 6.07) is 11.7. The number of ether oxygens (including phenoxy) is 1. The van der Waals surface area contributed by atoms with Crippen LogP contribution in [0.2, 0.25) is 5.02 Å². The summed E-state index contributed by atoms with van der Waals surface area (Å²) < 4.78 is 5.68. The molecule has 7 heteroatoms. The molecule has 182 valence electrons. The number of hydrogen-bond acceptors (Lipinski definition) is 5. The predicted octanol–water partition coefficient (Wildman–Crippen LogP) is 5.20.